The number of aliphatic hydroxyl groups is 1. The predicted molar refractivity (Wildman–Crippen MR) is 83.8 cm³/mol. The van der Waals surface area contributed by atoms with Gasteiger partial charge in [0.15, 0.2) is 0 Å². The van der Waals surface area contributed by atoms with E-state index in [9.17, 15) is 9.90 Å². The molecule has 0 aliphatic rings. The highest BCUT2D eigenvalue weighted by molar-refractivity contribution is 5.72. The van der Waals surface area contributed by atoms with Gasteiger partial charge >= 0.3 is 5.97 Å². The van der Waals surface area contributed by atoms with Crippen LogP contribution < -0.4 is 5.32 Å². The van der Waals surface area contributed by atoms with Crippen LogP contribution in [0.2, 0.25) is 0 Å². The zero-order valence-electron chi connectivity index (χ0n) is 13.3. The van der Waals surface area contributed by atoms with Crippen LogP contribution in [-0.2, 0) is 16.1 Å². The van der Waals surface area contributed by atoms with E-state index in [1.807, 2.05) is 51.1 Å². The van der Waals surface area contributed by atoms with Gasteiger partial charge in [0.25, 0.3) is 0 Å². The lowest BCUT2D eigenvalue weighted by Gasteiger charge is -2.26. The zero-order valence-corrected chi connectivity index (χ0v) is 13.3. The summed E-state index contributed by atoms with van der Waals surface area (Å²) in [7, 11) is 0. The Morgan fingerprint density at radius 2 is 1.90 bits per heavy atom. The second-order valence-electron chi connectivity index (χ2n) is 5.56. The number of hydrogen-bond acceptors (Lipinski definition) is 4. The molecule has 0 amide bonds. The number of benzene rings is 1. The molecule has 4 nitrogen and oxygen atoms in total. The number of nitrogens with one attached hydrogen (secondary N) is 1. The molecule has 0 aliphatic carbocycles. The fourth-order valence-electron chi connectivity index (χ4n) is 1.98. The molecule has 118 valence electrons. The summed E-state index contributed by atoms with van der Waals surface area (Å²) in [5.74, 6) is -0.449. The summed E-state index contributed by atoms with van der Waals surface area (Å²) >= 11 is 0. The molecule has 0 heterocycles. The minimum Gasteiger partial charge on any atom is -0.461 e. The van der Waals surface area contributed by atoms with Crippen LogP contribution in [0.4, 0.5) is 0 Å². The van der Waals surface area contributed by atoms with E-state index in [4.69, 9.17) is 4.74 Å². The van der Waals surface area contributed by atoms with E-state index in [-0.39, 0.29) is 11.9 Å². The second kappa shape index (κ2) is 8.80. The van der Waals surface area contributed by atoms with E-state index in [0.29, 0.717) is 32.5 Å². The van der Waals surface area contributed by atoms with Crippen LogP contribution in [0.1, 0.15) is 39.2 Å². The summed E-state index contributed by atoms with van der Waals surface area (Å²) in [5, 5.41) is 13.3. The zero-order chi connectivity index (χ0) is 15.7. The summed E-state index contributed by atoms with van der Waals surface area (Å²) in [4.78, 5) is 11.9. The van der Waals surface area contributed by atoms with Gasteiger partial charge in [0.05, 0.1) is 11.5 Å². The van der Waals surface area contributed by atoms with Crippen molar-refractivity contribution in [1.82, 2.24) is 5.32 Å². The van der Waals surface area contributed by atoms with E-state index in [2.05, 4.69) is 5.32 Å². The molecule has 1 unspecified atom stereocenters. The average Bonchev–Trinajstić information content (AvgIpc) is 2.53. The number of carbonyl (C=O) groups excluding carboxylic acids is 1. The first kappa shape index (κ1) is 17.7. The summed E-state index contributed by atoms with van der Waals surface area (Å²) < 4.78 is 5.28. The summed E-state index contributed by atoms with van der Waals surface area (Å²) in [6, 6.07) is 9.63. The number of hydrogen-bond donors (Lipinski definition) is 2. The quantitative estimate of drug-likeness (QED) is 0.687. The van der Waals surface area contributed by atoms with E-state index in [0.717, 1.165) is 5.56 Å². The lowest BCUT2D eigenvalue weighted by atomic mass is 9.97. The molecular formula is C17H27NO3. The van der Waals surface area contributed by atoms with Crippen molar-refractivity contribution in [2.75, 3.05) is 13.1 Å². The molecule has 4 heteroatoms. The van der Waals surface area contributed by atoms with Gasteiger partial charge in [-0.15, -0.1) is 0 Å². The molecule has 0 fully saturated rings. The lowest BCUT2D eigenvalue weighted by molar-refractivity contribution is -0.149. The Balaban J connectivity index is 2.28. The smallest absolute Gasteiger partial charge is 0.310 e. The monoisotopic (exact) mass is 293 g/mol. The molecule has 1 rings (SSSR count). The first-order valence-corrected chi connectivity index (χ1v) is 7.64. The third-order valence-electron chi connectivity index (χ3n) is 3.85. The van der Waals surface area contributed by atoms with E-state index in [1.54, 1.807) is 0 Å². The second-order valence-corrected chi connectivity index (χ2v) is 5.56. The first-order valence-electron chi connectivity index (χ1n) is 7.64. The molecule has 0 aliphatic heterocycles. The number of rotatable bonds is 9. The number of carbonyl (C=O) groups is 1. The fraction of sp³-hybridized carbons (Fsp3) is 0.588. The van der Waals surface area contributed by atoms with Gasteiger partial charge in [-0.2, -0.15) is 0 Å². The van der Waals surface area contributed by atoms with Gasteiger partial charge < -0.3 is 15.2 Å². The van der Waals surface area contributed by atoms with E-state index >= 15 is 0 Å². The SMILES string of the molecule is CCC(O)(CC)CNCC(C)C(=O)OCc1ccccc1. The van der Waals surface area contributed by atoms with E-state index in [1.165, 1.54) is 0 Å². The summed E-state index contributed by atoms with van der Waals surface area (Å²) in [5.41, 5.74) is 0.297. The van der Waals surface area contributed by atoms with Crippen LogP contribution in [0, 0.1) is 5.92 Å². The largest absolute Gasteiger partial charge is 0.461 e. The average molecular weight is 293 g/mol. The molecule has 1 atom stereocenters. The van der Waals surface area contributed by atoms with Crippen molar-refractivity contribution in [2.45, 2.75) is 45.8 Å². The van der Waals surface area contributed by atoms with Gasteiger partial charge in [0.1, 0.15) is 6.61 Å². The highest BCUT2D eigenvalue weighted by Gasteiger charge is 2.22. The van der Waals surface area contributed by atoms with Crippen LogP contribution in [0.3, 0.4) is 0 Å². The lowest BCUT2D eigenvalue weighted by Crippen LogP contribution is -2.41. The van der Waals surface area contributed by atoms with Crippen LogP contribution in [0.25, 0.3) is 0 Å². The molecule has 1 aromatic rings. The maximum atomic E-state index is 11.9. The highest BCUT2D eigenvalue weighted by atomic mass is 16.5. The third kappa shape index (κ3) is 6.27. The van der Waals surface area contributed by atoms with Crippen molar-refractivity contribution in [2.24, 2.45) is 5.92 Å². The van der Waals surface area contributed by atoms with Crippen LogP contribution >= 0.6 is 0 Å². The molecule has 21 heavy (non-hydrogen) atoms. The van der Waals surface area contributed by atoms with Crippen molar-refractivity contribution in [3.63, 3.8) is 0 Å². The molecule has 0 spiro atoms. The number of esters is 1. The standard InChI is InChI=1S/C17H27NO3/c1-4-17(20,5-2)13-18-11-14(3)16(19)21-12-15-9-7-6-8-10-15/h6-10,14,18,20H,4-5,11-13H2,1-3H3. The molecule has 0 aromatic heterocycles. The third-order valence-corrected chi connectivity index (χ3v) is 3.85. The molecule has 0 bridgehead atoms. The molecule has 1 aromatic carbocycles. The maximum absolute atomic E-state index is 11.9. The Morgan fingerprint density at radius 1 is 1.29 bits per heavy atom. The molecular weight excluding hydrogens is 266 g/mol. The van der Waals surface area contributed by atoms with Crippen molar-refractivity contribution in [3.05, 3.63) is 35.9 Å². The summed E-state index contributed by atoms with van der Waals surface area (Å²) in [6.07, 6.45) is 1.40. The molecule has 2 N–H and O–H groups in total. The van der Waals surface area contributed by atoms with Crippen molar-refractivity contribution in [1.29, 1.82) is 0 Å². The maximum Gasteiger partial charge on any atom is 0.310 e. The van der Waals surface area contributed by atoms with Gasteiger partial charge in [0.2, 0.25) is 0 Å². The highest BCUT2D eigenvalue weighted by Crippen LogP contribution is 2.13. The van der Waals surface area contributed by atoms with Crippen molar-refractivity contribution >= 4 is 5.97 Å². The normalized spacial score (nSPS) is 13.0. The Hall–Kier alpha value is -1.39. The minimum absolute atomic E-state index is 0.220. The van der Waals surface area contributed by atoms with Crippen LogP contribution in [0.15, 0.2) is 30.3 Å². The van der Waals surface area contributed by atoms with Gasteiger partial charge in [0, 0.05) is 13.1 Å². The van der Waals surface area contributed by atoms with Gasteiger partial charge in [-0.1, -0.05) is 51.1 Å². The van der Waals surface area contributed by atoms with Gasteiger partial charge in [-0.25, -0.2) is 0 Å². The van der Waals surface area contributed by atoms with Crippen LogP contribution in [-0.4, -0.2) is 29.8 Å². The Bertz CT molecular complexity index is 415. The fourth-order valence-corrected chi connectivity index (χ4v) is 1.98. The van der Waals surface area contributed by atoms with E-state index < -0.39 is 5.60 Å². The molecule has 0 saturated heterocycles. The van der Waals surface area contributed by atoms with Crippen LogP contribution in [0.5, 0.6) is 0 Å². The van der Waals surface area contributed by atoms with Gasteiger partial charge in [-0.05, 0) is 18.4 Å². The Kier molecular flexibility index (Phi) is 7.40. The Labute approximate surface area is 127 Å². The van der Waals surface area contributed by atoms with Crippen molar-refractivity contribution in [3.8, 4) is 0 Å². The topological polar surface area (TPSA) is 58.6 Å². The number of ether oxygens (including phenoxy) is 1. The summed E-state index contributed by atoms with van der Waals surface area (Å²) in [6.45, 7) is 7.06. The molecule has 0 saturated carbocycles. The predicted octanol–water partition coefficient (Wildman–Crippen LogP) is 2.51. The van der Waals surface area contributed by atoms with Crippen molar-refractivity contribution < 1.29 is 14.6 Å². The molecule has 0 radical (unpaired) electrons. The minimum atomic E-state index is -0.687. The first-order chi connectivity index (χ1) is 10.0. The van der Waals surface area contributed by atoms with Gasteiger partial charge in [-0.3, -0.25) is 4.79 Å². The Morgan fingerprint density at radius 3 is 2.48 bits per heavy atom.